The van der Waals surface area contributed by atoms with Crippen LogP contribution >= 0.6 is 15.9 Å². The maximum Gasteiger partial charge on any atom is 0.260 e. The van der Waals surface area contributed by atoms with E-state index in [0.29, 0.717) is 0 Å². The van der Waals surface area contributed by atoms with Crippen LogP contribution in [0.2, 0.25) is 0 Å². The van der Waals surface area contributed by atoms with Gasteiger partial charge in [-0.15, -0.1) is 0 Å². The van der Waals surface area contributed by atoms with E-state index >= 15 is 0 Å². The third kappa shape index (κ3) is 4.38. The highest BCUT2D eigenvalue weighted by molar-refractivity contribution is 9.10. The highest BCUT2D eigenvalue weighted by atomic mass is 79.9. The van der Waals surface area contributed by atoms with Gasteiger partial charge < -0.3 is 15.8 Å². The second kappa shape index (κ2) is 7.35. The fourth-order valence-electron chi connectivity index (χ4n) is 1.77. The van der Waals surface area contributed by atoms with Gasteiger partial charge in [-0.05, 0) is 26.0 Å². The summed E-state index contributed by atoms with van der Waals surface area (Å²) < 4.78 is 27.9. The van der Waals surface area contributed by atoms with Gasteiger partial charge in [0.15, 0.2) is 0 Å². The number of nitrogens with two attached hydrogens (primary N) is 1. The van der Waals surface area contributed by atoms with Crippen LogP contribution < -0.4 is 5.73 Å². The van der Waals surface area contributed by atoms with Gasteiger partial charge in [-0.2, -0.15) is 0 Å². The number of amidine groups is 1. The molecule has 1 rings (SSSR count). The molecule has 0 fully saturated rings. The lowest BCUT2D eigenvalue weighted by Gasteiger charge is -2.27. The minimum atomic E-state index is -0.943. The summed E-state index contributed by atoms with van der Waals surface area (Å²) >= 11 is 2.96. The Balaban J connectivity index is 3.07. The number of hydrogen-bond donors (Lipinski definition) is 2. The van der Waals surface area contributed by atoms with Crippen molar-refractivity contribution in [2.24, 2.45) is 10.9 Å². The van der Waals surface area contributed by atoms with Crippen molar-refractivity contribution < 1.29 is 18.8 Å². The van der Waals surface area contributed by atoms with Gasteiger partial charge >= 0.3 is 0 Å². The minimum absolute atomic E-state index is 0.0646. The molecule has 21 heavy (non-hydrogen) atoms. The summed E-state index contributed by atoms with van der Waals surface area (Å²) in [5.41, 5.74) is 4.73. The SMILES string of the molecule is CC(C)N(CCC(N)=NO)C(=O)c1c(F)cc(Br)cc1F. The lowest BCUT2D eigenvalue weighted by Crippen LogP contribution is -2.40. The van der Waals surface area contributed by atoms with Crippen molar-refractivity contribution in [2.45, 2.75) is 26.3 Å². The largest absolute Gasteiger partial charge is 0.409 e. The Morgan fingerprint density at radius 1 is 1.43 bits per heavy atom. The molecule has 0 saturated heterocycles. The van der Waals surface area contributed by atoms with E-state index in [1.165, 1.54) is 4.90 Å². The first-order valence-electron chi connectivity index (χ1n) is 6.19. The number of halogens is 3. The van der Waals surface area contributed by atoms with Crippen LogP contribution in [0.4, 0.5) is 8.78 Å². The van der Waals surface area contributed by atoms with Crippen molar-refractivity contribution in [1.82, 2.24) is 4.90 Å². The van der Waals surface area contributed by atoms with E-state index in [1.807, 2.05) is 0 Å². The van der Waals surface area contributed by atoms with E-state index in [4.69, 9.17) is 10.9 Å². The number of hydrogen-bond acceptors (Lipinski definition) is 3. The normalized spacial score (nSPS) is 11.8. The number of carbonyl (C=O) groups excluding carboxylic acids is 1. The minimum Gasteiger partial charge on any atom is -0.409 e. The molecule has 0 radical (unpaired) electrons. The second-order valence-electron chi connectivity index (χ2n) is 4.68. The molecule has 1 aromatic rings. The number of amides is 1. The van der Waals surface area contributed by atoms with E-state index in [9.17, 15) is 13.6 Å². The van der Waals surface area contributed by atoms with E-state index in [0.717, 1.165) is 12.1 Å². The van der Waals surface area contributed by atoms with Crippen molar-refractivity contribution in [3.63, 3.8) is 0 Å². The molecule has 5 nitrogen and oxygen atoms in total. The molecule has 0 bridgehead atoms. The molecule has 0 aliphatic carbocycles. The predicted molar refractivity (Wildman–Crippen MR) is 78.3 cm³/mol. The molecule has 8 heteroatoms. The second-order valence-corrected chi connectivity index (χ2v) is 5.59. The third-order valence-corrected chi connectivity index (χ3v) is 3.30. The molecular weight excluding hydrogens is 348 g/mol. The number of oxime groups is 1. The number of carbonyl (C=O) groups is 1. The van der Waals surface area contributed by atoms with Crippen LogP contribution in [0.25, 0.3) is 0 Å². The van der Waals surface area contributed by atoms with E-state index in [1.54, 1.807) is 13.8 Å². The summed E-state index contributed by atoms with van der Waals surface area (Å²) in [7, 11) is 0. The zero-order valence-corrected chi connectivity index (χ0v) is 13.2. The lowest BCUT2D eigenvalue weighted by atomic mass is 10.1. The maximum absolute atomic E-state index is 13.8. The molecule has 0 atom stereocenters. The number of rotatable bonds is 5. The smallest absolute Gasteiger partial charge is 0.260 e. The molecule has 0 spiro atoms. The summed E-state index contributed by atoms with van der Waals surface area (Å²) in [6.45, 7) is 3.50. The molecule has 116 valence electrons. The van der Waals surface area contributed by atoms with Crippen molar-refractivity contribution in [1.29, 1.82) is 0 Å². The maximum atomic E-state index is 13.8. The molecular formula is C13H16BrF2N3O2. The van der Waals surface area contributed by atoms with Gasteiger partial charge in [-0.25, -0.2) is 8.78 Å². The summed E-state index contributed by atoms with van der Waals surface area (Å²) in [5.74, 6) is -2.73. The third-order valence-electron chi connectivity index (χ3n) is 2.84. The first kappa shape index (κ1) is 17.4. The lowest BCUT2D eigenvalue weighted by molar-refractivity contribution is 0.0701. The van der Waals surface area contributed by atoms with Gasteiger partial charge in [0.1, 0.15) is 23.0 Å². The van der Waals surface area contributed by atoms with Crippen molar-refractivity contribution in [3.05, 3.63) is 33.8 Å². The first-order chi connectivity index (χ1) is 9.77. The Morgan fingerprint density at radius 2 is 1.95 bits per heavy atom. The number of benzene rings is 1. The summed E-state index contributed by atoms with van der Waals surface area (Å²) in [6.07, 6.45) is 0.0974. The average Bonchev–Trinajstić information content (AvgIpc) is 2.36. The molecule has 0 aliphatic rings. The molecule has 0 aromatic heterocycles. The van der Waals surface area contributed by atoms with E-state index < -0.39 is 23.1 Å². The van der Waals surface area contributed by atoms with Gasteiger partial charge in [0.25, 0.3) is 5.91 Å². The summed E-state index contributed by atoms with van der Waals surface area (Å²) in [5, 5.41) is 11.3. The Morgan fingerprint density at radius 3 is 2.38 bits per heavy atom. The molecule has 3 N–H and O–H groups in total. The van der Waals surface area contributed by atoms with Crippen LogP contribution in [-0.2, 0) is 0 Å². The molecule has 1 amide bonds. The quantitative estimate of drug-likeness (QED) is 0.365. The monoisotopic (exact) mass is 363 g/mol. The highest BCUT2D eigenvalue weighted by Crippen LogP contribution is 2.21. The topological polar surface area (TPSA) is 78.9 Å². The van der Waals surface area contributed by atoms with Gasteiger partial charge in [0.05, 0.1) is 0 Å². The highest BCUT2D eigenvalue weighted by Gasteiger charge is 2.25. The fraction of sp³-hybridized carbons (Fsp3) is 0.385. The van der Waals surface area contributed by atoms with Gasteiger partial charge in [-0.1, -0.05) is 21.1 Å². The Labute approximate surface area is 129 Å². The van der Waals surface area contributed by atoms with Crippen LogP contribution in [0.5, 0.6) is 0 Å². The standard InChI is InChI=1S/C13H16BrF2N3O2/c1-7(2)19(4-3-11(17)18-21)13(20)12-9(15)5-8(14)6-10(12)16/h5-7,21H,3-4H2,1-2H3,(H2,17,18). The average molecular weight is 364 g/mol. The van der Waals surface area contributed by atoms with Crippen LogP contribution in [0.1, 0.15) is 30.6 Å². The van der Waals surface area contributed by atoms with Gasteiger partial charge in [0, 0.05) is 23.5 Å². The Kier molecular flexibility index (Phi) is 6.07. The summed E-state index contributed by atoms with van der Waals surface area (Å²) in [6, 6.07) is 1.75. The molecule has 0 aliphatic heterocycles. The van der Waals surface area contributed by atoms with E-state index in [-0.39, 0.29) is 29.3 Å². The fourth-order valence-corrected chi connectivity index (χ4v) is 2.17. The van der Waals surface area contributed by atoms with E-state index in [2.05, 4.69) is 21.1 Å². The van der Waals surface area contributed by atoms with Crippen molar-refractivity contribution >= 4 is 27.7 Å². The molecule has 1 aromatic carbocycles. The van der Waals surface area contributed by atoms with Gasteiger partial charge in [0.2, 0.25) is 0 Å². The van der Waals surface area contributed by atoms with Crippen LogP contribution in [0.15, 0.2) is 21.8 Å². The molecule has 0 unspecified atom stereocenters. The van der Waals surface area contributed by atoms with Crippen molar-refractivity contribution in [2.75, 3.05) is 6.54 Å². The predicted octanol–water partition coefficient (Wildman–Crippen LogP) is 2.71. The zero-order chi connectivity index (χ0) is 16.2. The van der Waals surface area contributed by atoms with Crippen LogP contribution in [-0.4, -0.2) is 34.4 Å². The van der Waals surface area contributed by atoms with Crippen LogP contribution in [0.3, 0.4) is 0 Å². The van der Waals surface area contributed by atoms with Gasteiger partial charge in [-0.3, -0.25) is 4.79 Å². The summed E-state index contributed by atoms with van der Waals surface area (Å²) in [4.78, 5) is 13.6. The zero-order valence-electron chi connectivity index (χ0n) is 11.6. The molecule has 0 heterocycles. The Hall–Kier alpha value is -1.70. The first-order valence-corrected chi connectivity index (χ1v) is 6.99. The Bertz CT molecular complexity index is 541. The van der Waals surface area contributed by atoms with Crippen LogP contribution in [0, 0.1) is 11.6 Å². The number of nitrogens with zero attached hydrogens (tertiary/aromatic N) is 2. The van der Waals surface area contributed by atoms with Crippen molar-refractivity contribution in [3.8, 4) is 0 Å². The molecule has 0 saturated carbocycles.